The second-order valence-corrected chi connectivity index (χ2v) is 4.52. The van der Waals surface area contributed by atoms with E-state index < -0.39 is 10.4 Å². The van der Waals surface area contributed by atoms with Gasteiger partial charge in [-0.1, -0.05) is 24.3 Å². The Kier molecular flexibility index (Phi) is 9.02. The number of rotatable bonds is 12. The molecule has 0 aromatic carbocycles. The van der Waals surface area contributed by atoms with Crippen molar-refractivity contribution in [2.24, 2.45) is 0 Å². The number of nitrogens with zero attached hydrogens (tertiary/aromatic N) is 2. The summed E-state index contributed by atoms with van der Waals surface area (Å²) in [6.45, 7) is 14.9. The van der Waals surface area contributed by atoms with E-state index in [1.807, 2.05) is 0 Å². The van der Waals surface area contributed by atoms with Gasteiger partial charge in [-0.05, 0) is 0 Å². The zero-order chi connectivity index (χ0) is 14.7. The molecule has 0 aliphatic rings. The standard InChI is InChI=1S/C12H20N2O4S/c1-5-9-13(10-6-2)17-19(15,16)18-14(11-7-3)12-8-4/h5-8H,1-4,9-12H2. The van der Waals surface area contributed by atoms with Crippen molar-refractivity contribution in [3.63, 3.8) is 0 Å². The molecule has 108 valence electrons. The Hall–Kier alpha value is -1.25. The zero-order valence-electron chi connectivity index (χ0n) is 10.9. The number of hydroxylamine groups is 4. The molecule has 0 aromatic rings. The third-order valence-corrected chi connectivity index (χ3v) is 2.51. The molecule has 0 fully saturated rings. The maximum atomic E-state index is 11.7. The van der Waals surface area contributed by atoms with Gasteiger partial charge in [-0.25, -0.2) is 0 Å². The first-order chi connectivity index (χ1) is 8.99. The second kappa shape index (κ2) is 9.65. The van der Waals surface area contributed by atoms with E-state index in [0.29, 0.717) is 0 Å². The third kappa shape index (κ3) is 8.46. The van der Waals surface area contributed by atoms with E-state index in [1.54, 1.807) is 0 Å². The summed E-state index contributed by atoms with van der Waals surface area (Å²) in [5, 5.41) is 2.30. The SMILES string of the molecule is C=CCN(CC=C)OS(=O)(=O)ON(CC=C)CC=C. The molecule has 0 radical (unpaired) electrons. The summed E-state index contributed by atoms with van der Waals surface area (Å²) in [6.07, 6.45) is 6.02. The fourth-order valence-corrected chi connectivity index (χ4v) is 1.91. The van der Waals surface area contributed by atoms with Crippen molar-refractivity contribution in [1.29, 1.82) is 0 Å². The minimum absolute atomic E-state index is 0.220. The Labute approximate surface area is 115 Å². The van der Waals surface area contributed by atoms with Gasteiger partial charge in [-0.3, -0.25) is 0 Å². The molecule has 7 heteroatoms. The molecule has 0 aromatic heterocycles. The van der Waals surface area contributed by atoms with Crippen molar-refractivity contribution < 1.29 is 17.0 Å². The van der Waals surface area contributed by atoms with Gasteiger partial charge in [0.15, 0.2) is 0 Å². The van der Waals surface area contributed by atoms with Crippen LogP contribution in [-0.4, -0.2) is 44.7 Å². The lowest BCUT2D eigenvalue weighted by atomic mass is 10.5. The van der Waals surface area contributed by atoms with Crippen molar-refractivity contribution in [1.82, 2.24) is 10.1 Å². The molecule has 6 nitrogen and oxygen atoms in total. The fraction of sp³-hybridized carbons (Fsp3) is 0.333. The summed E-state index contributed by atoms with van der Waals surface area (Å²) in [5.74, 6) is 0. The lowest BCUT2D eigenvalue weighted by Gasteiger charge is -2.21. The fourth-order valence-electron chi connectivity index (χ4n) is 1.12. The van der Waals surface area contributed by atoms with Crippen LogP contribution in [0.1, 0.15) is 0 Å². The molecule has 0 unspecified atom stereocenters. The molecule has 0 atom stereocenters. The van der Waals surface area contributed by atoms with Crippen LogP contribution in [0.5, 0.6) is 0 Å². The molecule has 0 rings (SSSR count). The minimum Gasteiger partial charge on any atom is -0.166 e. The maximum absolute atomic E-state index is 11.7. The highest BCUT2D eigenvalue weighted by Gasteiger charge is 2.21. The van der Waals surface area contributed by atoms with E-state index in [0.717, 1.165) is 10.1 Å². The van der Waals surface area contributed by atoms with Gasteiger partial charge >= 0.3 is 10.4 Å². The first-order valence-electron chi connectivity index (χ1n) is 5.56. The molecule has 0 aliphatic carbocycles. The van der Waals surface area contributed by atoms with Gasteiger partial charge in [0, 0.05) is 26.2 Å². The minimum atomic E-state index is -4.21. The Morgan fingerprint density at radius 1 is 0.737 bits per heavy atom. The summed E-state index contributed by atoms with van der Waals surface area (Å²) in [6, 6.07) is 0. The number of hydrogen-bond donors (Lipinski definition) is 0. The highest BCUT2D eigenvalue weighted by Crippen LogP contribution is 2.05. The van der Waals surface area contributed by atoms with Crippen molar-refractivity contribution in [3.05, 3.63) is 50.6 Å². The van der Waals surface area contributed by atoms with Crippen LogP contribution in [-0.2, 0) is 19.0 Å². The van der Waals surface area contributed by atoms with Crippen LogP contribution < -0.4 is 0 Å². The summed E-state index contributed by atoms with van der Waals surface area (Å²) < 4.78 is 32.9. The monoisotopic (exact) mass is 288 g/mol. The second-order valence-electron chi connectivity index (χ2n) is 3.41. The molecule has 0 N–H and O–H groups in total. The van der Waals surface area contributed by atoms with E-state index >= 15 is 0 Å². The van der Waals surface area contributed by atoms with Crippen molar-refractivity contribution in [2.75, 3.05) is 26.2 Å². The first-order valence-corrected chi connectivity index (χ1v) is 6.90. The predicted octanol–water partition coefficient (Wildman–Crippen LogP) is 1.44. The molecule has 0 bridgehead atoms. The van der Waals surface area contributed by atoms with Crippen LogP contribution in [0.3, 0.4) is 0 Å². The molecular formula is C12H20N2O4S. The third-order valence-electron chi connectivity index (χ3n) is 1.72. The van der Waals surface area contributed by atoms with Gasteiger partial charge in [-0.15, -0.1) is 26.3 Å². The summed E-state index contributed by atoms with van der Waals surface area (Å²) in [7, 11) is -4.21. The summed E-state index contributed by atoms with van der Waals surface area (Å²) in [4.78, 5) is 0. The van der Waals surface area contributed by atoms with Crippen LogP contribution in [0.15, 0.2) is 50.6 Å². The molecule has 0 saturated carbocycles. The van der Waals surface area contributed by atoms with Gasteiger partial charge in [-0.2, -0.15) is 27.1 Å². The normalized spacial score (nSPS) is 11.5. The Morgan fingerprint density at radius 3 is 1.21 bits per heavy atom. The smallest absolute Gasteiger partial charge is 0.166 e. The van der Waals surface area contributed by atoms with Crippen molar-refractivity contribution in [2.45, 2.75) is 0 Å². The quantitative estimate of drug-likeness (QED) is 0.400. The van der Waals surface area contributed by atoms with E-state index in [9.17, 15) is 8.42 Å². The zero-order valence-corrected chi connectivity index (χ0v) is 11.7. The lowest BCUT2D eigenvalue weighted by Crippen LogP contribution is -2.34. The van der Waals surface area contributed by atoms with Crippen LogP contribution in [0.25, 0.3) is 0 Å². The van der Waals surface area contributed by atoms with Crippen LogP contribution in [0.2, 0.25) is 0 Å². The summed E-state index contributed by atoms with van der Waals surface area (Å²) in [5.41, 5.74) is 0. The Bertz CT molecular complexity index is 354. The average molecular weight is 288 g/mol. The van der Waals surface area contributed by atoms with Gasteiger partial charge in [0.05, 0.1) is 0 Å². The van der Waals surface area contributed by atoms with Gasteiger partial charge in [0.1, 0.15) is 0 Å². The van der Waals surface area contributed by atoms with Gasteiger partial charge < -0.3 is 0 Å². The van der Waals surface area contributed by atoms with E-state index in [2.05, 4.69) is 26.3 Å². The molecule has 0 aliphatic heterocycles. The molecule has 19 heavy (non-hydrogen) atoms. The Morgan fingerprint density at radius 2 is 1.00 bits per heavy atom. The number of hydrogen-bond acceptors (Lipinski definition) is 6. The highest BCUT2D eigenvalue weighted by atomic mass is 32.3. The molecule has 0 heterocycles. The molecule has 0 saturated heterocycles. The average Bonchev–Trinajstić information content (AvgIpc) is 2.29. The van der Waals surface area contributed by atoms with E-state index in [4.69, 9.17) is 8.57 Å². The van der Waals surface area contributed by atoms with Gasteiger partial charge in [0.25, 0.3) is 0 Å². The molecular weight excluding hydrogens is 268 g/mol. The van der Waals surface area contributed by atoms with E-state index in [-0.39, 0.29) is 26.2 Å². The first kappa shape index (κ1) is 17.8. The van der Waals surface area contributed by atoms with Gasteiger partial charge in [0.2, 0.25) is 0 Å². The molecule has 0 amide bonds. The Balaban J connectivity index is 4.64. The highest BCUT2D eigenvalue weighted by molar-refractivity contribution is 7.81. The predicted molar refractivity (Wildman–Crippen MR) is 75.0 cm³/mol. The topological polar surface area (TPSA) is 59.1 Å². The van der Waals surface area contributed by atoms with Crippen LogP contribution >= 0.6 is 0 Å². The largest absolute Gasteiger partial charge is 0.432 e. The van der Waals surface area contributed by atoms with Crippen molar-refractivity contribution in [3.8, 4) is 0 Å². The van der Waals surface area contributed by atoms with Crippen molar-refractivity contribution >= 4 is 10.4 Å². The van der Waals surface area contributed by atoms with Crippen LogP contribution in [0.4, 0.5) is 0 Å². The van der Waals surface area contributed by atoms with E-state index in [1.165, 1.54) is 24.3 Å². The maximum Gasteiger partial charge on any atom is 0.432 e. The summed E-state index contributed by atoms with van der Waals surface area (Å²) >= 11 is 0. The lowest BCUT2D eigenvalue weighted by molar-refractivity contribution is -0.0957. The molecule has 0 spiro atoms. The van der Waals surface area contributed by atoms with Crippen LogP contribution in [0, 0.1) is 0 Å².